The molecule has 55 heavy (non-hydrogen) atoms. The molecule has 0 spiro atoms. The van der Waals surface area contributed by atoms with Gasteiger partial charge in [0, 0.05) is 30.8 Å². The lowest BCUT2D eigenvalue weighted by Gasteiger charge is -2.48. The molecule has 1 N–H and O–H groups in total. The summed E-state index contributed by atoms with van der Waals surface area (Å²) < 4.78 is 62.1. The van der Waals surface area contributed by atoms with E-state index in [1.807, 2.05) is 24.3 Å². The van der Waals surface area contributed by atoms with E-state index in [9.17, 15) is 22.8 Å². The monoisotopic (exact) mass is 845 g/mol. The Hall–Kier alpha value is -3.55. The van der Waals surface area contributed by atoms with E-state index in [0.29, 0.717) is 48.9 Å². The third-order valence-corrected chi connectivity index (χ3v) is 11.2. The first kappa shape index (κ1) is 42.6. The number of fused-ring (bicyclic) bond motifs is 2. The number of halogens is 7. The Morgan fingerprint density at radius 1 is 0.945 bits per heavy atom. The number of nitrogens with zero attached hydrogens (tertiary/aromatic N) is 2. The van der Waals surface area contributed by atoms with Crippen LogP contribution in [0.5, 0.6) is 17.2 Å². The summed E-state index contributed by atoms with van der Waals surface area (Å²) in [6, 6.07) is 15.2. The van der Waals surface area contributed by atoms with Crippen molar-refractivity contribution in [1.82, 2.24) is 15.1 Å². The summed E-state index contributed by atoms with van der Waals surface area (Å²) in [5.41, 5.74) is 1.47. The van der Waals surface area contributed by atoms with Crippen LogP contribution in [0.2, 0.25) is 0 Å². The van der Waals surface area contributed by atoms with Crippen molar-refractivity contribution >= 4 is 64.8 Å². The normalized spacial score (nSPS) is 18.3. The van der Waals surface area contributed by atoms with Gasteiger partial charge in [-0.2, -0.15) is 4.39 Å². The number of benzene rings is 3. The third-order valence-electron chi connectivity index (χ3n) is 9.83. The highest BCUT2D eigenvalue weighted by atomic mass is 35.6. The van der Waals surface area contributed by atoms with Crippen LogP contribution in [0.3, 0.4) is 0 Å². The number of hydrogen-bond acceptors (Lipinski definition) is 7. The zero-order valence-corrected chi connectivity index (χ0v) is 33.5. The Labute approximate surface area is 339 Å². The molecule has 2 heterocycles. The first-order chi connectivity index (χ1) is 25.7. The van der Waals surface area contributed by atoms with Crippen LogP contribution in [-0.4, -0.2) is 82.9 Å². The first-order valence-corrected chi connectivity index (χ1v) is 18.8. The molecule has 1 saturated carbocycles. The zero-order chi connectivity index (χ0) is 38.8. The minimum atomic E-state index is -1.91. The van der Waals surface area contributed by atoms with E-state index in [-0.39, 0.29) is 50.3 Å². The van der Waals surface area contributed by atoms with Crippen molar-refractivity contribution in [3.8, 4) is 17.2 Å². The van der Waals surface area contributed by atoms with Crippen molar-refractivity contribution in [2.24, 2.45) is 0 Å². The molecule has 1 aliphatic carbocycles. The van der Waals surface area contributed by atoms with Crippen LogP contribution in [0.1, 0.15) is 50.7 Å². The average molecular weight is 848 g/mol. The maximum Gasteiger partial charge on any atom is 0.411 e. The maximum absolute atomic E-state index is 14.9. The minimum absolute atomic E-state index is 0. The Bertz CT molecular complexity index is 1890. The summed E-state index contributed by atoms with van der Waals surface area (Å²) in [6.45, 7) is 3.70. The van der Waals surface area contributed by atoms with Gasteiger partial charge in [-0.3, -0.25) is 9.69 Å². The predicted octanol–water partition coefficient (Wildman–Crippen LogP) is 8.66. The molecule has 3 aliphatic rings. The molecule has 3 aromatic carbocycles. The molecule has 2 fully saturated rings. The maximum atomic E-state index is 14.9. The summed E-state index contributed by atoms with van der Waals surface area (Å²) in [6.07, 6.45) is 2.16. The number of alkyl halides is 3. The van der Waals surface area contributed by atoms with Crippen molar-refractivity contribution < 1.29 is 41.7 Å². The second-order valence-electron chi connectivity index (χ2n) is 14.0. The van der Waals surface area contributed by atoms with Crippen LogP contribution >= 0.6 is 47.2 Å². The predicted molar refractivity (Wildman–Crippen MR) is 207 cm³/mol. The summed E-state index contributed by atoms with van der Waals surface area (Å²) in [5, 5.41) is 3.38. The molecule has 16 heteroatoms. The van der Waals surface area contributed by atoms with Crippen LogP contribution < -0.4 is 19.5 Å². The lowest BCUT2D eigenvalue weighted by atomic mass is 9.81. The van der Waals surface area contributed by atoms with Crippen LogP contribution in [0, 0.1) is 17.5 Å². The van der Waals surface area contributed by atoms with Gasteiger partial charge < -0.3 is 29.2 Å². The fraction of sp³-hybridized carbons (Fsp3) is 0.436. The van der Waals surface area contributed by atoms with E-state index in [4.69, 9.17) is 53.8 Å². The quantitative estimate of drug-likeness (QED) is 0.0798. The van der Waals surface area contributed by atoms with E-state index in [0.717, 1.165) is 35.6 Å². The van der Waals surface area contributed by atoms with Crippen molar-refractivity contribution in [1.29, 1.82) is 0 Å². The summed E-state index contributed by atoms with van der Waals surface area (Å²) in [7, 11) is 1.56. The molecule has 6 rings (SSSR count). The number of amides is 2. The fourth-order valence-electron chi connectivity index (χ4n) is 6.62. The number of nitrogens with one attached hydrogen (secondary N) is 1. The molecular weight excluding hydrogens is 805 g/mol. The minimum Gasteiger partial charge on any atom is -0.497 e. The van der Waals surface area contributed by atoms with Gasteiger partial charge in [-0.1, -0.05) is 65.1 Å². The number of carbonyl (C=O) groups excluding carboxylic acids is 2. The van der Waals surface area contributed by atoms with Crippen LogP contribution in [0.4, 0.5) is 18.0 Å². The van der Waals surface area contributed by atoms with Crippen molar-refractivity contribution in [2.75, 3.05) is 33.5 Å². The standard InChI is InChI=1S/C39H41Cl3F3N3O6.ClH/c1-38(2,39(40,41)42)54-37(50)48-26-18-29(24-11-9-23(10-12-24)6-5-17-52-35-31(44)16-15-30(43)34(35)45)33(32(48)21-46-20-26)36(49)47(25-13-14-25)22-53-28-8-4-7-27(19-28)51-3;/h4,7-12,15-16,19,25-26,32,46H,5-6,13-14,17-18,20-22H2,1-3H3;1H. The van der Waals surface area contributed by atoms with E-state index in [1.165, 1.54) is 13.8 Å². The number of methoxy groups -OCH3 is 1. The molecule has 9 nitrogen and oxygen atoms in total. The largest absolute Gasteiger partial charge is 0.497 e. The molecule has 3 aromatic rings. The van der Waals surface area contributed by atoms with Crippen LogP contribution in [0.25, 0.3) is 5.57 Å². The number of rotatable bonds is 13. The van der Waals surface area contributed by atoms with Crippen LogP contribution in [-0.2, 0) is 16.0 Å². The van der Waals surface area contributed by atoms with Crippen LogP contribution in [0.15, 0.2) is 66.2 Å². The number of hydrogen-bond donors (Lipinski definition) is 1. The SMILES string of the molecule is COc1cccc(OCN(C(=O)C2=C(c3ccc(CCCOc4c(F)ccc(F)c4F)cc3)CC3CNCC2N3C(=O)OC(C)(C)C(Cl)(Cl)Cl)C2CC2)c1.Cl. The first-order valence-electron chi connectivity index (χ1n) is 17.6. The van der Waals surface area contributed by atoms with E-state index < -0.39 is 44.7 Å². The molecule has 2 unspecified atom stereocenters. The van der Waals surface area contributed by atoms with Gasteiger partial charge in [0.15, 0.2) is 29.7 Å². The van der Waals surface area contributed by atoms with Gasteiger partial charge >= 0.3 is 6.09 Å². The summed E-state index contributed by atoms with van der Waals surface area (Å²) in [4.78, 5) is 32.1. The Morgan fingerprint density at radius 2 is 1.64 bits per heavy atom. The number of ether oxygens (including phenoxy) is 4. The van der Waals surface area contributed by atoms with E-state index in [2.05, 4.69) is 5.32 Å². The highest BCUT2D eigenvalue weighted by molar-refractivity contribution is 6.68. The number of carbonyl (C=O) groups is 2. The van der Waals surface area contributed by atoms with Gasteiger partial charge in [0.25, 0.3) is 5.91 Å². The second-order valence-corrected chi connectivity index (χ2v) is 16.3. The van der Waals surface area contributed by atoms with Crippen molar-refractivity contribution in [3.05, 3.63) is 94.8 Å². The highest BCUT2D eigenvalue weighted by Crippen LogP contribution is 2.43. The molecule has 2 aliphatic heterocycles. The zero-order valence-electron chi connectivity index (χ0n) is 30.4. The smallest absolute Gasteiger partial charge is 0.411 e. The van der Waals surface area contributed by atoms with Gasteiger partial charge in [-0.05, 0) is 86.9 Å². The number of piperazine rings is 1. The summed E-state index contributed by atoms with van der Waals surface area (Å²) in [5.74, 6) is -3.38. The average Bonchev–Trinajstić information content (AvgIpc) is 3.98. The van der Waals surface area contributed by atoms with Crippen molar-refractivity contribution in [3.63, 3.8) is 0 Å². The van der Waals surface area contributed by atoms with E-state index >= 15 is 0 Å². The summed E-state index contributed by atoms with van der Waals surface area (Å²) >= 11 is 18.5. The molecule has 298 valence electrons. The molecule has 2 bridgehead atoms. The lowest BCUT2D eigenvalue weighted by Crippen LogP contribution is -2.64. The molecule has 0 radical (unpaired) electrons. The van der Waals surface area contributed by atoms with Gasteiger partial charge in [0.2, 0.25) is 9.61 Å². The Balaban J connectivity index is 0.00000580. The molecule has 2 amide bonds. The molecular formula is C39H42Cl4F3N3O6. The number of aryl methyl sites for hydroxylation is 1. The van der Waals surface area contributed by atoms with Gasteiger partial charge in [0.05, 0.1) is 25.8 Å². The Kier molecular flexibility index (Phi) is 13.7. The highest BCUT2D eigenvalue weighted by Gasteiger charge is 2.50. The van der Waals surface area contributed by atoms with Gasteiger partial charge in [0.1, 0.15) is 11.5 Å². The topological polar surface area (TPSA) is 89.6 Å². The lowest BCUT2D eigenvalue weighted by molar-refractivity contribution is -0.131. The fourth-order valence-corrected chi connectivity index (χ4v) is 6.73. The Morgan fingerprint density at radius 3 is 2.31 bits per heavy atom. The van der Waals surface area contributed by atoms with E-state index in [1.54, 1.807) is 41.2 Å². The molecule has 0 aromatic heterocycles. The van der Waals surface area contributed by atoms with Gasteiger partial charge in [-0.25, -0.2) is 13.6 Å². The second kappa shape index (κ2) is 17.7. The van der Waals surface area contributed by atoms with Gasteiger partial charge in [-0.15, -0.1) is 12.4 Å². The van der Waals surface area contributed by atoms with Crippen molar-refractivity contribution in [2.45, 2.75) is 73.5 Å². The molecule has 1 saturated heterocycles. The third kappa shape index (κ3) is 9.71. The molecule has 2 atom stereocenters.